The van der Waals surface area contributed by atoms with Gasteiger partial charge < -0.3 is 9.30 Å². The van der Waals surface area contributed by atoms with Crippen molar-refractivity contribution in [1.82, 2.24) is 4.57 Å². The topological polar surface area (TPSA) is 81.1 Å². The molecule has 0 bridgehead atoms. The number of nitriles is 1. The van der Waals surface area contributed by atoms with Gasteiger partial charge in [-0.15, -0.1) is 0 Å². The maximum Gasteiger partial charge on any atom is 0.269 e. The van der Waals surface area contributed by atoms with Crippen molar-refractivity contribution in [3.8, 4) is 17.5 Å². The Labute approximate surface area is 169 Å². The van der Waals surface area contributed by atoms with E-state index in [-0.39, 0.29) is 5.69 Å². The lowest BCUT2D eigenvalue weighted by Crippen LogP contribution is -1.99. The van der Waals surface area contributed by atoms with Gasteiger partial charge in [-0.05, 0) is 80.4 Å². The molecular weight excluding hydrogens is 366 g/mol. The van der Waals surface area contributed by atoms with Crippen molar-refractivity contribution in [2.24, 2.45) is 0 Å². The van der Waals surface area contributed by atoms with Gasteiger partial charge in [0.25, 0.3) is 5.69 Å². The summed E-state index contributed by atoms with van der Waals surface area (Å²) in [6.45, 7) is 6.58. The van der Waals surface area contributed by atoms with Crippen LogP contribution in [0.2, 0.25) is 0 Å². The third-order valence-electron chi connectivity index (χ3n) is 4.69. The molecule has 146 valence electrons. The van der Waals surface area contributed by atoms with Gasteiger partial charge in [0.15, 0.2) is 0 Å². The summed E-state index contributed by atoms with van der Waals surface area (Å²) in [5.74, 6) is 0.823. The Bertz CT molecular complexity index is 1100. The lowest BCUT2D eigenvalue weighted by molar-refractivity contribution is -0.384. The number of benzene rings is 2. The highest BCUT2D eigenvalue weighted by atomic mass is 16.6. The zero-order valence-electron chi connectivity index (χ0n) is 16.5. The smallest absolute Gasteiger partial charge is 0.269 e. The molecule has 0 radical (unpaired) electrons. The summed E-state index contributed by atoms with van der Waals surface area (Å²) < 4.78 is 7.62. The summed E-state index contributed by atoms with van der Waals surface area (Å²) in [5.41, 5.74) is 5.07. The van der Waals surface area contributed by atoms with E-state index in [0.717, 1.165) is 28.4 Å². The molecule has 0 unspecified atom stereocenters. The van der Waals surface area contributed by atoms with Crippen LogP contribution in [0.3, 0.4) is 0 Å². The molecule has 1 heterocycles. The molecule has 0 amide bonds. The summed E-state index contributed by atoms with van der Waals surface area (Å²) in [6.07, 6.45) is 1.81. The number of nitro groups is 1. The monoisotopic (exact) mass is 387 g/mol. The molecule has 29 heavy (non-hydrogen) atoms. The van der Waals surface area contributed by atoms with Crippen LogP contribution in [-0.2, 0) is 0 Å². The Balaban J connectivity index is 1.97. The van der Waals surface area contributed by atoms with Crippen molar-refractivity contribution in [1.29, 1.82) is 5.26 Å². The van der Waals surface area contributed by atoms with Crippen LogP contribution < -0.4 is 4.74 Å². The highest BCUT2D eigenvalue weighted by molar-refractivity contribution is 5.90. The highest BCUT2D eigenvalue weighted by Crippen LogP contribution is 2.27. The number of nitro benzene ring substituents is 1. The predicted octanol–water partition coefficient (Wildman–Crippen LogP) is 5.47. The van der Waals surface area contributed by atoms with E-state index in [1.807, 2.05) is 57.2 Å². The van der Waals surface area contributed by atoms with E-state index in [1.54, 1.807) is 12.1 Å². The first kappa shape index (κ1) is 19.9. The second-order valence-electron chi connectivity index (χ2n) is 6.56. The summed E-state index contributed by atoms with van der Waals surface area (Å²) in [5, 5.41) is 20.4. The first-order valence-electron chi connectivity index (χ1n) is 9.23. The van der Waals surface area contributed by atoms with Crippen molar-refractivity contribution < 1.29 is 9.66 Å². The van der Waals surface area contributed by atoms with Gasteiger partial charge in [0, 0.05) is 29.2 Å². The molecule has 3 rings (SSSR count). The van der Waals surface area contributed by atoms with Crippen molar-refractivity contribution in [3.63, 3.8) is 0 Å². The van der Waals surface area contributed by atoms with Gasteiger partial charge in [0.2, 0.25) is 0 Å². The molecule has 0 atom stereocenters. The molecular formula is C23H21N3O3. The minimum atomic E-state index is -0.454. The van der Waals surface area contributed by atoms with Gasteiger partial charge >= 0.3 is 0 Å². The third-order valence-corrected chi connectivity index (χ3v) is 4.69. The fraction of sp³-hybridized carbons (Fsp3) is 0.174. The average molecular weight is 387 g/mol. The van der Waals surface area contributed by atoms with Gasteiger partial charge in [-0.25, -0.2) is 0 Å². The van der Waals surface area contributed by atoms with Crippen LogP contribution >= 0.6 is 0 Å². The van der Waals surface area contributed by atoms with Crippen LogP contribution in [0.5, 0.6) is 5.75 Å². The minimum absolute atomic E-state index is 0.000262. The Kier molecular flexibility index (Phi) is 5.79. The Morgan fingerprint density at radius 1 is 1.17 bits per heavy atom. The molecule has 6 nitrogen and oxygen atoms in total. The Hall–Kier alpha value is -3.85. The summed E-state index contributed by atoms with van der Waals surface area (Å²) in [4.78, 5) is 10.4. The minimum Gasteiger partial charge on any atom is -0.494 e. The molecule has 0 saturated heterocycles. The van der Waals surface area contributed by atoms with E-state index < -0.39 is 4.92 Å². The van der Waals surface area contributed by atoms with Gasteiger partial charge in [0.05, 0.1) is 23.2 Å². The fourth-order valence-corrected chi connectivity index (χ4v) is 3.29. The molecule has 0 N–H and O–H groups in total. The standard InChI is InChI=1S/C23H21N3O3/c1-4-29-23-11-9-21(10-12-23)25-16(2)13-19(17(25)3)14-20(15-24)18-5-7-22(8-6-18)26(27)28/h5-14H,4H2,1-3H3/b20-14-. The summed E-state index contributed by atoms with van der Waals surface area (Å²) in [7, 11) is 0. The van der Waals surface area contributed by atoms with Crippen molar-refractivity contribution in [2.75, 3.05) is 6.61 Å². The third kappa shape index (κ3) is 4.19. The van der Waals surface area contributed by atoms with E-state index in [0.29, 0.717) is 17.7 Å². The molecule has 0 aliphatic carbocycles. The molecule has 6 heteroatoms. The zero-order chi connectivity index (χ0) is 21.0. The van der Waals surface area contributed by atoms with Gasteiger partial charge in [-0.3, -0.25) is 10.1 Å². The average Bonchev–Trinajstić information content (AvgIpc) is 3.00. The van der Waals surface area contributed by atoms with Crippen molar-refractivity contribution in [3.05, 3.63) is 87.2 Å². The first-order chi connectivity index (χ1) is 13.9. The second kappa shape index (κ2) is 8.44. The molecule has 3 aromatic rings. The van der Waals surface area contributed by atoms with E-state index in [1.165, 1.54) is 12.1 Å². The van der Waals surface area contributed by atoms with Crippen LogP contribution in [0, 0.1) is 35.3 Å². The lowest BCUT2D eigenvalue weighted by atomic mass is 10.0. The number of hydrogen-bond acceptors (Lipinski definition) is 4. The zero-order valence-corrected chi connectivity index (χ0v) is 16.5. The van der Waals surface area contributed by atoms with E-state index >= 15 is 0 Å². The quantitative estimate of drug-likeness (QED) is 0.319. The molecule has 0 saturated carbocycles. The van der Waals surface area contributed by atoms with Crippen LogP contribution in [-0.4, -0.2) is 16.1 Å². The number of nitrogens with zero attached hydrogens (tertiary/aromatic N) is 3. The van der Waals surface area contributed by atoms with Gasteiger partial charge in [0.1, 0.15) is 5.75 Å². The molecule has 2 aromatic carbocycles. The molecule has 0 aliphatic rings. The predicted molar refractivity (Wildman–Crippen MR) is 113 cm³/mol. The fourth-order valence-electron chi connectivity index (χ4n) is 3.29. The van der Waals surface area contributed by atoms with Gasteiger partial charge in [-0.1, -0.05) is 0 Å². The normalized spacial score (nSPS) is 11.2. The largest absolute Gasteiger partial charge is 0.494 e. The highest BCUT2D eigenvalue weighted by Gasteiger charge is 2.12. The number of allylic oxidation sites excluding steroid dienone is 1. The molecule has 0 fully saturated rings. The summed E-state index contributed by atoms with van der Waals surface area (Å²) >= 11 is 0. The van der Waals surface area contributed by atoms with E-state index in [9.17, 15) is 15.4 Å². The van der Waals surface area contributed by atoms with Gasteiger partial charge in [-0.2, -0.15) is 5.26 Å². The number of aromatic nitrogens is 1. The van der Waals surface area contributed by atoms with Crippen molar-refractivity contribution >= 4 is 17.3 Å². The number of aryl methyl sites for hydroxylation is 1. The Morgan fingerprint density at radius 2 is 1.83 bits per heavy atom. The number of hydrogen-bond donors (Lipinski definition) is 0. The second-order valence-corrected chi connectivity index (χ2v) is 6.56. The molecule has 0 aliphatic heterocycles. The van der Waals surface area contributed by atoms with E-state index in [2.05, 4.69) is 10.6 Å². The maximum absolute atomic E-state index is 10.8. The van der Waals surface area contributed by atoms with Crippen LogP contribution in [0.25, 0.3) is 17.3 Å². The van der Waals surface area contributed by atoms with Crippen molar-refractivity contribution in [2.45, 2.75) is 20.8 Å². The number of rotatable bonds is 6. The molecule has 1 aromatic heterocycles. The first-order valence-corrected chi connectivity index (χ1v) is 9.23. The van der Waals surface area contributed by atoms with Crippen LogP contribution in [0.4, 0.5) is 5.69 Å². The summed E-state index contributed by atoms with van der Waals surface area (Å²) in [6, 6.07) is 18.1. The lowest BCUT2D eigenvalue weighted by Gasteiger charge is -2.11. The SMILES string of the molecule is CCOc1ccc(-n2c(C)cc(/C=C(/C#N)c3ccc([N+](=O)[O-])cc3)c2C)cc1. The van der Waals surface area contributed by atoms with E-state index in [4.69, 9.17) is 4.74 Å². The molecule has 0 spiro atoms. The van der Waals surface area contributed by atoms with Crippen LogP contribution in [0.15, 0.2) is 54.6 Å². The number of non-ortho nitro benzene ring substituents is 1. The number of ether oxygens (including phenoxy) is 1. The maximum atomic E-state index is 10.8. The Morgan fingerprint density at radius 3 is 2.38 bits per heavy atom. The van der Waals surface area contributed by atoms with Crippen LogP contribution in [0.1, 0.15) is 29.4 Å².